The van der Waals surface area contributed by atoms with Crippen LogP contribution in [0.25, 0.3) is 0 Å². The predicted octanol–water partition coefficient (Wildman–Crippen LogP) is 2.99. The number of ether oxygens (including phenoxy) is 1. The van der Waals surface area contributed by atoms with E-state index in [0.29, 0.717) is 31.9 Å². The average molecular weight is 460 g/mol. The lowest BCUT2D eigenvalue weighted by atomic mass is 10.1. The number of hydrogen-bond donors (Lipinski definition) is 1. The molecule has 0 atom stereocenters. The third-order valence-electron chi connectivity index (χ3n) is 5.58. The fourth-order valence-corrected chi connectivity index (χ4v) is 5.42. The molecule has 1 aliphatic heterocycles. The number of nitrogens with one attached hydrogen (secondary N) is 1. The average Bonchev–Trinajstić information content (AvgIpc) is 3.34. The summed E-state index contributed by atoms with van der Waals surface area (Å²) >= 11 is 0. The lowest BCUT2D eigenvalue weighted by molar-refractivity contribution is -0.117. The number of rotatable bonds is 12. The zero-order chi connectivity index (χ0) is 22.8. The van der Waals surface area contributed by atoms with Gasteiger partial charge in [-0.05, 0) is 56.0 Å². The van der Waals surface area contributed by atoms with Gasteiger partial charge in [-0.25, -0.2) is 8.42 Å². The maximum Gasteiger partial charge on any atom is 0.243 e. The number of anilines is 1. The summed E-state index contributed by atoms with van der Waals surface area (Å²) in [7, 11) is -1.87. The van der Waals surface area contributed by atoms with Gasteiger partial charge < -0.3 is 10.1 Å². The van der Waals surface area contributed by atoms with Crippen LogP contribution in [0, 0.1) is 0 Å². The number of amides is 1. The second-order valence-electron chi connectivity index (χ2n) is 8.05. The van der Waals surface area contributed by atoms with Gasteiger partial charge in [-0.3, -0.25) is 9.69 Å². The molecule has 0 spiro atoms. The maximum absolute atomic E-state index is 12.8. The first-order valence-electron chi connectivity index (χ1n) is 11.1. The van der Waals surface area contributed by atoms with Crippen LogP contribution in [0.3, 0.4) is 0 Å². The Morgan fingerprint density at radius 1 is 1.06 bits per heavy atom. The van der Waals surface area contributed by atoms with Crippen molar-refractivity contribution >= 4 is 21.6 Å². The smallest absolute Gasteiger partial charge is 0.243 e. The quantitative estimate of drug-likeness (QED) is 0.528. The number of nitrogens with zero attached hydrogens (tertiary/aromatic N) is 2. The molecule has 0 saturated carbocycles. The molecule has 7 nitrogen and oxygen atoms in total. The second-order valence-corrected chi connectivity index (χ2v) is 9.98. The van der Waals surface area contributed by atoms with Crippen molar-refractivity contribution in [1.29, 1.82) is 0 Å². The summed E-state index contributed by atoms with van der Waals surface area (Å²) in [6.45, 7) is 3.30. The van der Waals surface area contributed by atoms with Crippen LogP contribution in [0.1, 0.15) is 24.8 Å². The number of hydrogen-bond acceptors (Lipinski definition) is 5. The molecule has 1 fully saturated rings. The van der Waals surface area contributed by atoms with E-state index in [-0.39, 0.29) is 17.3 Å². The van der Waals surface area contributed by atoms with Crippen LogP contribution >= 0.6 is 0 Å². The summed E-state index contributed by atoms with van der Waals surface area (Å²) in [4.78, 5) is 15.0. The minimum absolute atomic E-state index is 0.170. The van der Waals surface area contributed by atoms with Gasteiger partial charge in [0.05, 0.1) is 18.0 Å². The summed E-state index contributed by atoms with van der Waals surface area (Å²) in [6, 6.07) is 16.8. The van der Waals surface area contributed by atoms with Crippen LogP contribution in [0.5, 0.6) is 0 Å². The van der Waals surface area contributed by atoms with E-state index >= 15 is 0 Å². The molecule has 1 aliphatic rings. The topological polar surface area (TPSA) is 79.0 Å². The molecule has 1 amide bonds. The molecule has 174 valence electrons. The highest BCUT2D eigenvalue weighted by molar-refractivity contribution is 7.89. The molecule has 0 radical (unpaired) electrons. The normalized spacial score (nSPS) is 14.7. The van der Waals surface area contributed by atoms with E-state index in [1.807, 2.05) is 18.2 Å². The fourth-order valence-electron chi connectivity index (χ4n) is 3.86. The summed E-state index contributed by atoms with van der Waals surface area (Å²) in [6.07, 6.45) is 3.65. The van der Waals surface area contributed by atoms with Crippen LogP contribution in [0.2, 0.25) is 0 Å². The molecular weight excluding hydrogens is 426 g/mol. The van der Waals surface area contributed by atoms with E-state index in [2.05, 4.69) is 22.3 Å². The van der Waals surface area contributed by atoms with Crippen molar-refractivity contribution < 1.29 is 17.9 Å². The molecule has 32 heavy (non-hydrogen) atoms. The number of sulfonamides is 1. The first-order valence-corrected chi connectivity index (χ1v) is 12.6. The van der Waals surface area contributed by atoms with Gasteiger partial charge in [0.2, 0.25) is 15.9 Å². The monoisotopic (exact) mass is 459 g/mol. The molecule has 8 heteroatoms. The molecule has 0 aromatic heterocycles. The molecule has 1 heterocycles. The minimum Gasteiger partial charge on any atom is -0.383 e. The number of aryl methyl sites for hydroxylation is 1. The molecule has 0 bridgehead atoms. The Kier molecular flexibility index (Phi) is 9.23. The molecule has 2 aromatic carbocycles. The highest BCUT2D eigenvalue weighted by atomic mass is 32.2. The molecular formula is C24H33N3O4S. The summed E-state index contributed by atoms with van der Waals surface area (Å²) in [5.41, 5.74) is 1.77. The lowest BCUT2D eigenvalue weighted by Crippen LogP contribution is -2.36. The van der Waals surface area contributed by atoms with Crippen molar-refractivity contribution in [2.45, 2.75) is 30.6 Å². The highest BCUT2D eigenvalue weighted by Crippen LogP contribution is 2.23. The van der Waals surface area contributed by atoms with Gasteiger partial charge in [-0.15, -0.1) is 0 Å². The molecule has 1 saturated heterocycles. The van der Waals surface area contributed by atoms with E-state index in [0.717, 1.165) is 32.2 Å². The Hall–Kier alpha value is -2.26. The fraction of sp³-hybridized carbons (Fsp3) is 0.458. The number of carbonyl (C=O) groups excluding carboxylic acids is 1. The Morgan fingerprint density at radius 2 is 1.81 bits per heavy atom. The number of methoxy groups -OCH3 is 1. The maximum atomic E-state index is 12.8. The molecule has 0 aliphatic carbocycles. The van der Waals surface area contributed by atoms with Crippen LogP contribution in [-0.2, 0) is 26.0 Å². The first kappa shape index (κ1) is 24.4. The van der Waals surface area contributed by atoms with Gasteiger partial charge in [0.15, 0.2) is 0 Å². The molecule has 1 N–H and O–H groups in total. The van der Waals surface area contributed by atoms with Crippen LogP contribution in [0.4, 0.5) is 5.69 Å². The van der Waals surface area contributed by atoms with Gasteiger partial charge in [-0.1, -0.05) is 36.4 Å². The minimum atomic E-state index is -3.52. The Morgan fingerprint density at radius 3 is 2.53 bits per heavy atom. The van der Waals surface area contributed by atoms with Crippen molar-refractivity contribution in [3.8, 4) is 0 Å². The van der Waals surface area contributed by atoms with E-state index in [1.165, 1.54) is 9.87 Å². The van der Waals surface area contributed by atoms with Crippen LogP contribution < -0.4 is 5.32 Å². The lowest BCUT2D eigenvalue weighted by Gasteiger charge is -2.21. The van der Waals surface area contributed by atoms with E-state index in [1.54, 1.807) is 31.4 Å². The van der Waals surface area contributed by atoms with Crippen molar-refractivity contribution in [3.05, 3.63) is 60.2 Å². The Bertz CT molecular complexity index is 960. The van der Waals surface area contributed by atoms with Gasteiger partial charge in [0.1, 0.15) is 0 Å². The van der Waals surface area contributed by atoms with Crippen molar-refractivity contribution in [2.75, 3.05) is 51.8 Å². The van der Waals surface area contributed by atoms with E-state index < -0.39 is 10.0 Å². The van der Waals surface area contributed by atoms with Gasteiger partial charge in [0.25, 0.3) is 0 Å². The predicted molar refractivity (Wildman–Crippen MR) is 126 cm³/mol. The highest BCUT2D eigenvalue weighted by Gasteiger charge is 2.27. The second kappa shape index (κ2) is 12.1. The number of benzene rings is 2. The van der Waals surface area contributed by atoms with Gasteiger partial charge in [0, 0.05) is 32.4 Å². The third kappa shape index (κ3) is 7.13. The summed E-state index contributed by atoms with van der Waals surface area (Å²) < 4.78 is 32.3. The zero-order valence-corrected chi connectivity index (χ0v) is 19.5. The zero-order valence-electron chi connectivity index (χ0n) is 18.7. The summed E-state index contributed by atoms with van der Waals surface area (Å²) in [5, 5.41) is 2.86. The van der Waals surface area contributed by atoms with Crippen LogP contribution in [-0.4, -0.2) is 70.0 Å². The van der Waals surface area contributed by atoms with Gasteiger partial charge in [-0.2, -0.15) is 4.31 Å². The molecule has 2 aromatic rings. The van der Waals surface area contributed by atoms with Crippen LogP contribution in [0.15, 0.2) is 59.5 Å². The molecule has 3 rings (SSSR count). The third-order valence-corrected chi connectivity index (χ3v) is 7.48. The van der Waals surface area contributed by atoms with E-state index in [9.17, 15) is 13.2 Å². The standard InChI is InChI=1S/C24H33N3O4S/c1-31-18-17-26(14-8-11-21-9-3-2-4-10-21)20-24(28)25-22-12-7-13-23(19-22)32(29,30)27-15-5-6-16-27/h2-4,7,9-10,12-13,19H,5-6,8,11,14-18,20H2,1H3,(H,25,28). The summed E-state index contributed by atoms with van der Waals surface area (Å²) in [5.74, 6) is -0.170. The first-order chi connectivity index (χ1) is 15.5. The van der Waals surface area contributed by atoms with Gasteiger partial charge >= 0.3 is 0 Å². The van der Waals surface area contributed by atoms with E-state index in [4.69, 9.17) is 4.74 Å². The SMILES string of the molecule is COCCN(CCCc1ccccc1)CC(=O)Nc1cccc(S(=O)(=O)N2CCCC2)c1. The Balaban J connectivity index is 1.56. The number of carbonyl (C=O) groups is 1. The Labute approximate surface area is 191 Å². The van der Waals surface area contributed by atoms with Crippen molar-refractivity contribution in [3.63, 3.8) is 0 Å². The van der Waals surface area contributed by atoms with Crippen molar-refractivity contribution in [1.82, 2.24) is 9.21 Å². The molecule has 0 unspecified atom stereocenters. The largest absolute Gasteiger partial charge is 0.383 e. The van der Waals surface area contributed by atoms with Crippen molar-refractivity contribution in [2.24, 2.45) is 0 Å².